The average molecular weight is 518 g/mol. The Morgan fingerprint density at radius 1 is 1.21 bits per heavy atom. The second-order valence-corrected chi connectivity index (χ2v) is 8.16. The van der Waals surface area contributed by atoms with Crippen molar-refractivity contribution in [2.45, 2.75) is 65.0 Å². The standard InChI is InChI=1S/C21H38N6O.HI/c1-4-22-20(23-10-7-13-27-19(3)16-18(2)25-27)24-17-21(8-14-28-15-9-21)26-11-5-6-12-26;/h16H,4-15,17H2,1-3H3,(H2,22,23,24);1H. The lowest BCUT2D eigenvalue weighted by atomic mass is 9.88. The first kappa shape index (κ1) is 24.4. The summed E-state index contributed by atoms with van der Waals surface area (Å²) >= 11 is 0. The normalized spacial score (nSPS) is 19.8. The molecule has 0 aromatic carbocycles. The highest BCUT2D eigenvalue weighted by atomic mass is 127. The molecule has 2 aliphatic rings. The fourth-order valence-electron chi connectivity index (χ4n) is 4.42. The molecule has 29 heavy (non-hydrogen) atoms. The van der Waals surface area contributed by atoms with Crippen LogP contribution in [0, 0.1) is 13.8 Å². The fraction of sp³-hybridized carbons (Fsp3) is 0.810. The van der Waals surface area contributed by atoms with Gasteiger partial charge in [-0.2, -0.15) is 5.10 Å². The summed E-state index contributed by atoms with van der Waals surface area (Å²) in [7, 11) is 0. The summed E-state index contributed by atoms with van der Waals surface area (Å²) in [5, 5.41) is 11.5. The Morgan fingerprint density at radius 2 is 1.93 bits per heavy atom. The van der Waals surface area contributed by atoms with Crippen molar-refractivity contribution in [1.29, 1.82) is 0 Å². The molecule has 0 spiro atoms. The summed E-state index contributed by atoms with van der Waals surface area (Å²) in [4.78, 5) is 7.67. The Labute approximate surface area is 193 Å². The predicted octanol–water partition coefficient (Wildman–Crippen LogP) is 2.71. The minimum absolute atomic E-state index is 0. The molecule has 0 atom stereocenters. The topological polar surface area (TPSA) is 66.7 Å². The molecular formula is C21H39IN6O. The average Bonchev–Trinajstić information content (AvgIpc) is 3.34. The van der Waals surface area contributed by atoms with Gasteiger partial charge >= 0.3 is 0 Å². The molecule has 2 N–H and O–H groups in total. The Hall–Kier alpha value is -0.870. The predicted molar refractivity (Wildman–Crippen MR) is 129 cm³/mol. The van der Waals surface area contributed by atoms with E-state index in [0.717, 1.165) is 70.3 Å². The maximum atomic E-state index is 5.66. The number of hydrogen-bond donors (Lipinski definition) is 2. The first-order chi connectivity index (χ1) is 13.6. The molecule has 3 heterocycles. The van der Waals surface area contributed by atoms with Crippen LogP contribution in [0.5, 0.6) is 0 Å². The van der Waals surface area contributed by atoms with Gasteiger partial charge in [0.05, 0.1) is 12.2 Å². The van der Waals surface area contributed by atoms with Crippen LogP contribution in [-0.2, 0) is 11.3 Å². The van der Waals surface area contributed by atoms with Crippen LogP contribution in [0.4, 0.5) is 0 Å². The van der Waals surface area contributed by atoms with Crippen LogP contribution in [0.3, 0.4) is 0 Å². The monoisotopic (exact) mass is 518 g/mol. The van der Waals surface area contributed by atoms with Crippen molar-refractivity contribution in [3.05, 3.63) is 17.5 Å². The smallest absolute Gasteiger partial charge is 0.191 e. The zero-order chi connectivity index (χ0) is 19.8. The quantitative estimate of drug-likeness (QED) is 0.240. The van der Waals surface area contributed by atoms with Crippen LogP contribution in [0.25, 0.3) is 0 Å². The largest absolute Gasteiger partial charge is 0.381 e. The number of aryl methyl sites for hydroxylation is 3. The summed E-state index contributed by atoms with van der Waals surface area (Å²) < 4.78 is 7.75. The van der Waals surface area contributed by atoms with Crippen molar-refractivity contribution in [1.82, 2.24) is 25.3 Å². The first-order valence-electron chi connectivity index (χ1n) is 11.0. The number of nitrogens with one attached hydrogen (secondary N) is 2. The molecule has 2 fully saturated rings. The number of aliphatic imine (C=N–C) groups is 1. The zero-order valence-electron chi connectivity index (χ0n) is 18.4. The van der Waals surface area contributed by atoms with Gasteiger partial charge in [-0.3, -0.25) is 14.6 Å². The Bertz CT molecular complexity index is 635. The van der Waals surface area contributed by atoms with Crippen LogP contribution in [-0.4, -0.2) is 72.1 Å². The molecule has 0 radical (unpaired) electrons. The minimum atomic E-state index is 0. The Kier molecular flexibility index (Phi) is 10.2. The van der Waals surface area contributed by atoms with Gasteiger partial charge in [-0.15, -0.1) is 24.0 Å². The van der Waals surface area contributed by atoms with Crippen LogP contribution < -0.4 is 10.6 Å². The number of aromatic nitrogens is 2. The molecule has 8 heteroatoms. The van der Waals surface area contributed by atoms with Gasteiger partial charge in [-0.25, -0.2) is 0 Å². The molecule has 2 saturated heterocycles. The minimum Gasteiger partial charge on any atom is -0.381 e. The Balaban J connectivity index is 0.00000300. The van der Waals surface area contributed by atoms with Crippen molar-refractivity contribution in [3.63, 3.8) is 0 Å². The molecule has 0 aliphatic carbocycles. The van der Waals surface area contributed by atoms with E-state index in [0.29, 0.717) is 0 Å². The van der Waals surface area contributed by atoms with Crippen molar-refractivity contribution < 1.29 is 4.74 Å². The SMILES string of the molecule is CCNC(=NCC1(N2CCCC2)CCOCC1)NCCCn1nc(C)cc1C.I. The molecule has 7 nitrogen and oxygen atoms in total. The Morgan fingerprint density at radius 3 is 2.55 bits per heavy atom. The molecule has 1 aromatic heterocycles. The van der Waals surface area contributed by atoms with E-state index in [1.807, 2.05) is 6.92 Å². The summed E-state index contributed by atoms with van der Waals surface area (Å²) in [6.45, 7) is 14.0. The third-order valence-electron chi connectivity index (χ3n) is 6.02. The number of ether oxygens (including phenoxy) is 1. The lowest BCUT2D eigenvalue weighted by Crippen LogP contribution is -2.54. The van der Waals surface area contributed by atoms with E-state index in [1.54, 1.807) is 0 Å². The number of rotatable bonds is 8. The van der Waals surface area contributed by atoms with Crippen LogP contribution in [0.1, 0.15) is 50.4 Å². The molecule has 0 saturated carbocycles. The lowest BCUT2D eigenvalue weighted by molar-refractivity contribution is -0.0139. The number of nitrogens with zero attached hydrogens (tertiary/aromatic N) is 4. The van der Waals surface area contributed by atoms with Crippen molar-refractivity contribution in [2.24, 2.45) is 4.99 Å². The van der Waals surface area contributed by atoms with Crippen LogP contribution >= 0.6 is 24.0 Å². The fourth-order valence-corrected chi connectivity index (χ4v) is 4.42. The van der Waals surface area contributed by atoms with Gasteiger partial charge in [-0.05, 0) is 72.0 Å². The number of guanidine groups is 1. The van der Waals surface area contributed by atoms with Gasteiger partial charge < -0.3 is 15.4 Å². The highest BCUT2D eigenvalue weighted by Gasteiger charge is 2.39. The number of likely N-dealkylation sites (tertiary alicyclic amines) is 1. The lowest BCUT2D eigenvalue weighted by Gasteiger charge is -2.43. The van der Waals surface area contributed by atoms with Gasteiger partial charge in [0.2, 0.25) is 0 Å². The summed E-state index contributed by atoms with van der Waals surface area (Å²) in [5.74, 6) is 0.931. The summed E-state index contributed by atoms with van der Waals surface area (Å²) in [6, 6.07) is 2.13. The van der Waals surface area contributed by atoms with Gasteiger partial charge in [0, 0.05) is 44.1 Å². The van der Waals surface area contributed by atoms with E-state index in [2.05, 4.69) is 45.2 Å². The first-order valence-corrected chi connectivity index (χ1v) is 11.0. The highest BCUT2D eigenvalue weighted by Crippen LogP contribution is 2.31. The molecule has 0 unspecified atom stereocenters. The highest BCUT2D eigenvalue weighted by molar-refractivity contribution is 14.0. The van der Waals surface area contributed by atoms with E-state index in [-0.39, 0.29) is 29.5 Å². The number of hydrogen-bond acceptors (Lipinski definition) is 4. The van der Waals surface area contributed by atoms with Gasteiger partial charge in [0.25, 0.3) is 0 Å². The molecule has 1 aromatic rings. The maximum Gasteiger partial charge on any atom is 0.191 e. The van der Waals surface area contributed by atoms with Gasteiger partial charge in [-0.1, -0.05) is 0 Å². The van der Waals surface area contributed by atoms with E-state index >= 15 is 0 Å². The molecule has 3 rings (SSSR count). The molecule has 0 bridgehead atoms. The molecule has 166 valence electrons. The van der Waals surface area contributed by atoms with Crippen LogP contribution in [0.15, 0.2) is 11.1 Å². The zero-order valence-corrected chi connectivity index (χ0v) is 20.7. The molecule has 2 aliphatic heterocycles. The third-order valence-corrected chi connectivity index (χ3v) is 6.02. The van der Waals surface area contributed by atoms with E-state index in [9.17, 15) is 0 Å². The van der Waals surface area contributed by atoms with E-state index in [4.69, 9.17) is 9.73 Å². The second-order valence-electron chi connectivity index (χ2n) is 8.16. The summed E-state index contributed by atoms with van der Waals surface area (Å²) in [6.07, 6.45) is 5.84. The second kappa shape index (κ2) is 12.1. The summed E-state index contributed by atoms with van der Waals surface area (Å²) in [5.41, 5.74) is 2.50. The maximum absolute atomic E-state index is 5.66. The number of halogens is 1. The van der Waals surface area contributed by atoms with E-state index in [1.165, 1.54) is 31.6 Å². The van der Waals surface area contributed by atoms with Crippen molar-refractivity contribution >= 4 is 29.9 Å². The van der Waals surface area contributed by atoms with Gasteiger partial charge in [0.15, 0.2) is 5.96 Å². The third kappa shape index (κ3) is 6.82. The molecule has 0 amide bonds. The van der Waals surface area contributed by atoms with Gasteiger partial charge in [0.1, 0.15) is 0 Å². The molecular weight excluding hydrogens is 479 g/mol. The van der Waals surface area contributed by atoms with Crippen molar-refractivity contribution in [3.8, 4) is 0 Å². The van der Waals surface area contributed by atoms with Crippen LogP contribution in [0.2, 0.25) is 0 Å². The van der Waals surface area contributed by atoms with E-state index < -0.39 is 0 Å². The van der Waals surface area contributed by atoms with Crippen molar-refractivity contribution in [2.75, 3.05) is 45.9 Å².